The molecule has 0 aliphatic heterocycles. The molecule has 2 aromatic rings. The van der Waals surface area contributed by atoms with Crippen molar-refractivity contribution in [1.82, 2.24) is 5.32 Å². The van der Waals surface area contributed by atoms with E-state index in [1.165, 1.54) is 0 Å². The minimum absolute atomic E-state index is 0.0515. The van der Waals surface area contributed by atoms with Gasteiger partial charge in [0.1, 0.15) is 11.6 Å². The summed E-state index contributed by atoms with van der Waals surface area (Å²) in [5, 5.41) is 3.26. The van der Waals surface area contributed by atoms with Gasteiger partial charge in [-0.05, 0) is 73.3 Å². The van der Waals surface area contributed by atoms with Crippen molar-refractivity contribution in [2.45, 2.75) is 72.8 Å². The number of hydrogen-bond acceptors (Lipinski definition) is 3. The van der Waals surface area contributed by atoms with Crippen molar-refractivity contribution in [1.29, 1.82) is 0 Å². The first-order chi connectivity index (χ1) is 15.0. The highest BCUT2D eigenvalue weighted by Gasteiger charge is 2.34. The highest BCUT2D eigenvalue weighted by molar-refractivity contribution is 5.74. The summed E-state index contributed by atoms with van der Waals surface area (Å²) in [5.74, 6) is -1.50. The molecular weight excluding hydrogens is 408 g/mol. The number of benzene rings is 2. The van der Waals surface area contributed by atoms with Gasteiger partial charge in [-0.25, -0.2) is 8.78 Å². The number of halogens is 2. The highest BCUT2D eigenvalue weighted by atomic mass is 19.1. The lowest BCUT2D eigenvalue weighted by molar-refractivity contribution is -0.143. The van der Waals surface area contributed by atoms with Crippen molar-refractivity contribution >= 4 is 5.97 Å². The van der Waals surface area contributed by atoms with E-state index in [2.05, 4.69) is 5.32 Å². The third-order valence-electron chi connectivity index (χ3n) is 5.93. The van der Waals surface area contributed by atoms with Crippen molar-refractivity contribution in [2.24, 2.45) is 5.41 Å². The predicted octanol–water partition coefficient (Wildman–Crippen LogP) is 6.76. The maximum absolute atomic E-state index is 16.1. The van der Waals surface area contributed by atoms with E-state index in [0.717, 1.165) is 29.5 Å². The first-order valence-corrected chi connectivity index (χ1v) is 11.5. The lowest BCUT2D eigenvalue weighted by Gasteiger charge is -2.27. The molecule has 174 valence electrons. The molecule has 2 aromatic carbocycles. The summed E-state index contributed by atoms with van der Waals surface area (Å²) >= 11 is 0. The van der Waals surface area contributed by atoms with Crippen LogP contribution in [-0.2, 0) is 9.53 Å². The van der Waals surface area contributed by atoms with Crippen LogP contribution in [0.2, 0.25) is 0 Å². The number of hydrogen-bond donors (Lipinski definition) is 1. The minimum atomic E-state index is -0.810. The van der Waals surface area contributed by atoms with E-state index >= 15 is 8.78 Å². The Balaban J connectivity index is 2.18. The zero-order chi connectivity index (χ0) is 23.6. The maximum Gasteiger partial charge on any atom is 0.307 e. The van der Waals surface area contributed by atoms with Crippen molar-refractivity contribution in [2.75, 3.05) is 13.2 Å². The lowest BCUT2D eigenvalue weighted by Crippen LogP contribution is -2.33. The lowest BCUT2D eigenvalue weighted by atomic mass is 9.88. The van der Waals surface area contributed by atoms with Crippen LogP contribution in [0.1, 0.15) is 81.2 Å². The summed E-state index contributed by atoms with van der Waals surface area (Å²) in [6.45, 7) is 12.5. The van der Waals surface area contributed by atoms with Crippen LogP contribution >= 0.6 is 0 Å². The average Bonchev–Trinajstić information content (AvgIpc) is 3.52. The molecule has 5 heteroatoms. The molecule has 1 fully saturated rings. The summed E-state index contributed by atoms with van der Waals surface area (Å²) < 4.78 is 37.0. The molecule has 0 radical (unpaired) electrons. The molecule has 0 aromatic heterocycles. The quantitative estimate of drug-likeness (QED) is 0.458. The third kappa shape index (κ3) is 5.55. The molecule has 1 saturated carbocycles. The van der Waals surface area contributed by atoms with Gasteiger partial charge >= 0.3 is 5.97 Å². The second kappa shape index (κ2) is 9.70. The molecule has 1 aliphatic carbocycles. The largest absolute Gasteiger partial charge is 0.466 e. The van der Waals surface area contributed by atoms with Crippen LogP contribution in [0, 0.1) is 30.9 Å². The topological polar surface area (TPSA) is 38.3 Å². The van der Waals surface area contributed by atoms with E-state index in [9.17, 15) is 4.79 Å². The number of carbonyl (C=O) groups excluding carboxylic acids is 1. The SMILES string of the molecule is CCOC(=O)C[C@H](NCC(C)(C)C)c1c(F)c(-c2c(C)cccc2C)cc(C2CC2)c1F. The van der Waals surface area contributed by atoms with Crippen molar-refractivity contribution < 1.29 is 18.3 Å². The molecule has 1 N–H and O–H groups in total. The normalized spacial score (nSPS) is 15.0. The highest BCUT2D eigenvalue weighted by Crippen LogP contribution is 2.46. The fraction of sp³-hybridized carbons (Fsp3) is 0.519. The zero-order valence-electron chi connectivity index (χ0n) is 20.1. The molecule has 0 amide bonds. The van der Waals surface area contributed by atoms with E-state index in [0.29, 0.717) is 17.7 Å². The average molecular weight is 444 g/mol. The molecule has 32 heavy (non-hydrogen) atoms. The molecule has 3 nitrogen and oxygen atoms in total. The fourth-order valence-electron chi connectivity index (χ4n) is 4.19. The zero-order valence-corrected chi connectivity index (χ0v) is 20.1. The number of nitrogens with one attached hydrogen (secondary N) is 1. The summed E-state index contributed by atoms with van der Waals surface area (Å²) in [6.07, 6.45) is 1.66. The van der Waals surface area contributed by atoms with Gasteiger partial charge in [-0.15, -0.1) is 0 Å². The fourth-order valence-corrected chi connectivity index (χ4v) is 4.19. The van der Waals surface area contributed by atoms with E-state index in [1.54, 1.807) is 13.0 Å². The standard InChI is InChI=1S/C27H35F2NO2/c1-7-32-22(31)14-21(30-15-27(4,5)6)24-25(28)19(18-11-12-18)13-20(26(24)29)23-16(2)9-8-10-17(23)3/h8-10,13,18,21,30H,7,11-12,14-15H2,1-6H3/t21-/m0/s1. The van der Waals surface area contributed by atoms with E-state index in [-0.39, 0.29) is 29.9 Å². The third-order valence-corrected chi connectivity index (χ3v) is 5.93. The second-order valence-corrected chi connectivity index (χ2v) is 10.1. The van der Waals surface area contributed by atoms with Crippen molar-refractivity contribution in [3.63, 3.8) is 0 Å². The van der Waals surface area contributed by atoms with Crippen LogP contribution in [0.4, 0.5) is 8.78 Å². The summed E-state index contributed by atoms with van der Waals surface area (Å²) in [7, 11) is 0. The molecule has 1 aliphatic rings. The summed E-state index contributed by atoms with van der Waals surface area (Å²) in [6, 6.07) is 6.69. The van der Waals surface area contributed by atoms with Gasteiger partial charge < -0.3 is 10.1 Å². The van der Waals surface area contributed by atoms with Crippen LogP contribution in [0.5, 0.6) is 0 Å². The van der Waals surface area contributed by atoms with Crippen LogP contribution < -0.4 is 5.32 Å². The molecule has 0 unspecified atom stereocenters. The van der Waals surface area contributed by atoms with E-state index < -0.39 is 23.6 Å². The molecule has 0 spiro atoms. The number of aryl methyl sites for hydroxylation is 2. The Bertz CT molecular complexity index is 970. The molecular formula is C27H35F2NO2. The summed E-state index contributed by atoms with van der Waals surface area (Å²) in [5.41, 5.74) is 3.45. The van der Waals surface area contributed by atoms with Crippen molar-refractivity contribution in [3.8, 4) is 11.1 Å². The summed E-state index contributed by atoms with van der Waals surface area (Å²) in [4.78, 5) is 12.4. The van der Waals surface area contributed by atoms with Gasteiger partial charge in [0.25, 0.3) is 0 Å². The number of carbonyl (C=O) groups is 1. The van der Waals surface area contributed by atoms with Gasteiger partial charge in [-0.3, -0.25) is 4.79 Å². The van der Waals surface area contributed by atoms with Crippen LogP contribution in [0.25, 0.3) is 11.1 Å². The van der Waals surface area contributed by atoms with Gasteiger partial charge in [0.05, 0.1) is 13.0 Å². The van der Waals surface area contributed by atoms with Crippen molar-refractivity contribution in [3.05, 3.63) is 58.2 Å². The van der Waals surface area contributed by atoms with E-state index in [1.807, 2.05) is 52.8 Å². The Morgan fingerprint density at radius 3 is 2.31 bits per heavy atom. The number of rotatable bonds is 8. The van der Waals surface area contributed by atoms with Crippen LogP contribution in [0.15, 0.2) is 24.3 Å². The van der Waals surface area contributed by atoms with E-state index in [4.69, 9.17) is 4.74 Å². The van der Waals surface area contributed by atoms with Gasteiger partial charge in [0, 0.05) is 23.7 Å². The Morgan fingerprint density at radius 1 is 1.16 bits per heavy atom. The Hall–Kier alpha value is -2.27. The molecule has 0 heterocycles. The molecule has 0 saturated heterocycles. The van der Waals surface area contributed by atoms with Gasteiger partial charge in [0.2, 0.25) is 0 Å². The molecule has 3 rings (SSSR count). The first-order valence-electron chi connectivity index (χ1n) is 11.5. The number of esters is 1. The van der Waals surface area contributed by atoms with Crippen LogP contribution in [-0.4, -0.2) is 19.1 Å². The molecule has 1 atom stereocenters. The second-order valence-electron chi connectivity index (χ2n) is 10.1. The molecule has 0 bridgehead atoms. The smallest absolute Gasteiger partial charge is 0.307 e. The Kier molecular flexibility index (Phi) is 7.39. The predicted molar refractivity (Wildman–Crippen MR) is 125 cm³/mol. The maximum atomic E-state index is 16.1. The monoisotopic (exact) mass is 443 g/mol. The Labute approximate surface area is 190 Å². The number of ether oxygens (including phenoxy) is 1. The van der Waals surface area contributed by atoms with Gasteiger partial charge in [0.15, 0.2) is 0 Å². The van der Waals surface area contributed by atoms with Gasteiger partial charge in [-0.2, -0.15) is 0 Å². The van der Waals surface area contributed by atoms with Crippen LogP contribution in [0.3, 0.4) is 0 Å². The minimum Gasteiger partial charge on any atom is -0.466 e. The Morgan fingerprint density at radius 2 is 1.78 bits per heavy atom. The van der Waals surface area contributed by atoms with Gasteiger partial charge in [-0.1, -0.05) is 39.0 Å². The first kappa shape index (κ1) is 24.4.